The van der Waals surface area contributed by atoms with Gasteiger partial charge in [0, 0.05) is 139 Å². The fourth-order valence-electron chi connectivity index (χ4n) is 14.9. The van der Waals surface area contributed by atoms with E-state index in [1.54, 1.807) is 9.80 Å². The quantitative estimate of drug-likeness (QED) is 0.0111. The number of benzene rings is 5. The molecule has 0 bridgehead atoms. The van der Waals surface area contributed by atoms with Crippen LogP contribution >= 0.6 is 339 Å². The molecule has 5 aromatic carbocycles. The molecule has 0 spiro atoms. The molecule has 10 rings (SSSR count). The molecule has 44 heteroatoms. The van der Waals surface area contributed by atoms with Gasteiger partial charge in [0.2, 0.25) is 0 Å². The molecular weight excluding hydrogens is 3560 g/mol. The molecule has 4 N–H and O–H groups in total. The van der Waals surface area contributed by atoms with Gasteiger partial charge in [-0.25, -0.2) is 28.8 Å². The number of morpholine rings is 3. The second-order valence-corrected chi connectivity index (χ2v) is 55.2. The number of hydrogen-bond acceptors (Lipinski definition) is 25. The molecule has 0 saturated carbocycles. The van der Waals surface area contributed by atoms with Gasteiger partial charge in [0.25, 0.3) is 0 Å². The van der Waals surface area contributed by atoms with Crippen molar-refractivity contribution in [2.45, 2.75) is 216 Å². The molecule has 5 aliphatic heterocycles. The summed E-state index contributed by atoms with van der Waals surface area (Å²) in [6.45, 7) is 45.6. The number of amides is 4. The monoisotopic (exact) mass is 3700 g/mol. The Kier molecular flexibility index (Phi) is 63.3. The van der Waals surface area contributed by atoms with Crippen LogP contribution < -0.4 is 16.4 Å². The second-order valence-electron chi connectivity index (χ2n) is 38.2. The van der Waals surface area contributed by atoms with Gasteiger partial charge in [0.05, 0.1) is 98.8 Å². The third kappa shape index (κ3) is 47.8. The van der Waals surface area contributed by atoms with Gasteiger partial charge in [-0.1, -0.05) is 34.6 Å². The van der Waals surface area contributed by atoms with E-state index in [1.165, 1.54) is 0 Å². The highest BCUT2D eigenvalue weighted by molar-refractivity contribution is 14.1. The molecule has 5 saturated heterocycles. The number of nitrogen functional groups attached to an aromatic ring is 1. The van der Waals surface area contributed by atoms with Gasteiger partial charge in [0.15, 0.2) is 0 Å². The van der Waals surface area contributed by atoms with Gasteiger partial charge in [-0.3, -0.25) is 39.7 Å². The summed E-state index contributed by atoms with van der Waals surface area (Å²) in [5.74, 6) is -0.654. The average Bonchev–Trinajstić information content (AvgIpc) is 0.801. The Morgan fingerprint density at radius 2 is 0.655 bits per heavy atom. The number of ether oxygens (including phenoxy) is 12. The van der Waals surface area contributed by atoms with Gasteiger partial charge in [-0.05, 0) is 569 Å². The maximum atomic E-state index is 12.8. The van der Waals surface area contributed by atoms with Gasteiger partial charge in [-0.15, -0.1) is 0 Å². The molecular formula is C101H137I15N8O21. The first-order valence-electron chi connectivity index (χ1n) is 48.5. The van der Waals surface area contributed by atoms with Crippen molar-refractivity contribution in [3.63, 3.8) is 0 Å². The molecule has 5 heterocycles. The van der Waals surface area contributed by atoms with Gasteiger partial charge >= 0.3 is 54.2 Å². The molecule has 4 amide bonds. The number of nitrogens with zero attached hydrogens (tertiary/aromatic N) is 5. The van der Waals surface area contributed by atoms with Crippen LogP contribution in [0.15, 0.2) is 42.5 Å². The number of esters is 5. The highest BCUT2D eigenvalue weighted by Crippen LogP contribution is 2.39. The predicted molar refractivity (Wildman–Crippen MR) is 694 cm³/mol. The number of likely N-dealkylation sites (tertiary alicyclic amines) is 2. The van der Waals surface area contributed by atoms with Crippen LogP contribution in [0.4, 0.5) is 36.2 Å². The predicted octanol–water partition coefficient (Wildman–Crippen LogP) is 26.3. The molecule has 5 aromatic rings. The van der Waals surface area contributed by atoms with Crippen LogP contribution in [0, 0.1) is 83.1 Å². The van der Waals surface area contributed by atoms with Crippen molar-refractivity contribution in [2.24, 2.45) is 29.6 Å². The third-order valence-corrected chi connectivity index (χ3v) is 41.4. The molecule has 0 radical (unpaired) electrons. The van der Waals surface area contributed by atoms with Crippen molar-refractivity contribution in [1.82, 2.24) is 24.5 Å². The van der Waals surface area contributed by atoms with E-state index in [9.17, 15) is 43.2 Å². The number of rotatable bonds is 35. The Labute approximate surface area is 1060 Å². The van der Waals surface area contributed by atoms with E-state index in [1.807, 2.05) is 140 Å². The van der Waals surface area contributed by atoms with E-state index < -0.39 is 34.6 Å². The molecule has 3 atom stereocenters. The third-order valence-electron chi connectivity index (χ3n) is 24.4. The Balaban J connectivity index is 0.000000278. The van der Waals surface area contributed by atoms with Gasteiger partial charge in [0.1, 0.15) is 42.2 Å². The fraction of sp³-hybridized carbons (Fsp3) is 0.614. The zero-order valence-corrected chi connectivity index (χ0v) is 117. The summed E-state index contributed by atoms with van der Waals surface area (Å²) in [5.41, 5.74) is 10.9. The standard InChI is InChI=1S/C23H33I3N2O5.C22H31I3N2O5.C20H26I3NO4.C19H24I3NO4.C17H23I3N2O3/c1-5-15(21(29)32-12-9-28-7-10-31-11-8-28)13-16-17(24)14-18(25)20(19(16)26)27-22(30)33-23(3,4)6-2;1-5-14(20(28)31-11-8-27-6-9-30-10-7-27)12-15-16(23)13-17(24)19(18(15)25)26-21(29)32-22(2,3)4;1-4-20(2,3)28-19(26)24-10-7-13(8-11-24)9-12-27-18(25)16-14(21)5-6-15(22)17(16)23;1-19(2,3)27-18(25)23-9-6-12(7-10-23)8-11-26-17(24)15-13(20)4-5-14(21)16(15)22;1-2-11(9-12-13(18)10-14(19)16(21)15(12)20)17(23)25-8-5-22-3-6-24-7-4-22/h14-15H,5-13H2,1-4H3,(H,27,30);13-14H,5-12H2,1-4H3,(H,26,29);5-6,13H,4,7-12H2,1-3H3;4-5,12H,6-11H2,1-3H3;10-11H,2-9,21H2,1H3. The number of hydrogen-bond donors (Lipinski definition) is 3. The van der Waals surface area contributed by atoms with E-state index in [4.69, 9.17) is 62.6 Å². The van der Waals surface area contributed by atoms with Crippen molar-refractivity contribution in [1.29, 1.82) is 0 Å². The summed E-state index contributed by atoms with van der Waals surface area (Å²) >= 11 is 33.6. The lowest BCUT2D eigenvalue weighted by molar-refractivity contribution is -0.150. The van der Waals surface area contributed by atoms with Crippen LogP contribution in [0.2, 0.25) is 0 Å². The minimum Gasteiger partial charge on any atom is -0.464 e. The molecule has 5 aliphatic rings. The minimum atomic E-state index is -0.578. The Bertz CT molecular complexity index is 5080. The fourth-order valence-corrected chi connectivity index (χ4v) is 31.5. The maximum Gasteiger partial charge on any atom is 0.412 e. The van der Waals surface area contributed by atoms with Crippen molar-refractivity contribution in [3.05, 3.63) is 124 Å². The Morgan fingerprint density at radius 1 is 0.359 bits per heavy atom. The molecule has 0 aliphatic carbocycles. The van der Waals surface area contributed by atoms with Gasteiger partial charge in [-0.2, -0.15) is 0 Å². The molecule has 812 valence electrons. The number of piperidine rings is 2. The summed E-state index contributed by atoms with van der Waals surface area (Å²) in [5, 5.41) is 5.80. The lowest BCUT2D eigenvalue weighted by Crippen LogP contribution is -2.42. The van der Waals surface area contributed by atoms with E-state index in [-0.39, 0.29) is 59.8 Å². The first-order valence-corrected chi connectivity index (χ1v) is 64.7. The summed E-state index contributed by atoms with van der Waals surface area (Å²) < 4.78 is 80.7. The molecule has 0 aromatic heterocycles. The van der Waals surface area contributed by atoms with Crippen LogP contribution in [0.25, 0.3) is 0 Å². The molecule has 5 fully saturated rings. The van der Waals surface area contributed by atoms with E-state index in [2.05, 4.69) is 370 Å². The van der Waals surface area contributed by atoms with Crippen LogP contribution in [-0.4, -0.2) is 259 Å². The first kappa shape index (κ1) is 135. The SMILES string of the molecule is CC(C)(C)OC(=O)N1CCC(CCOC(=O)c2c(I)ccc(I)c2I)CC1.CCC(C)(C)OC(=O)N1CCC(CCOC(=O)c2c(I)ccc(I)c2I)CC1.CCC(Cc1c(I)cc(I)c(N)c1I)C(=O)OCCN1CCOCC1.CCC(Cc1c(I)cc(I)c(NC(=O)OC(C)(C)C)c1I)C(=O)OCCN1CCOCC1.CCC(Cc1c(I)cc(I)c(NC(=O)OC(C)(C)CC)c1I)C(=O)OCCN1CCOCC1. The molecule has 29 nitrogen and oxygen atoms in total. The number of nitrogens with two attached hydrogens (primary N) is 1. The summed E-state index contributed by atoms with van der Waals surface area (Å²) in [7, 11) is 0. The zero-order valence-electron chi connectivity index (χ0n) is 84.9. The lowest BCUT2D eigenvalue weighted by atomic mass is 9.94. The Hall–Kier alpha value is 1.04. The number of anilines is 3. The lowest BCUT2D eigenvalue weighted by Gasteiger charge is -2.34. The van der Waals surface area contributed by atoms with Crippen molar-refractivity contribution >= 4 is 410 Å². The van der Waals surface area contributed by atoms with Crippen molar-refractivity contribution in [2.75, 3.05) is 174 Å². The molecule has 145 heavy (non-hydrogen) atoms. The smallest absolute Gasteiger partial charge is 0.412 e. The Morgan fingerprint density at radius 3 is 0.972 bits per heavy atom. The number of carbonyl (C=O) groups excluding carboxylic acids is 9. The highest BCUT2D eigenvalue weighted by atomic mass is 127. The maximum absolute atomic E-state index is 12.8. The highest BCUT2D eigenvalue weighted by Gasteiger charge is 2.35. The van der Waals surface area contributed by atoms with Crippen LogP contribution in [0.5, 0.6) is 0 Å². The number of carbonyl (C=O) groups is 9. The number of nitrogens with one attached hydrogen (secondary N) is 2. The van der Waals surface area contributed by atoms with Crippen molar-refractivity contribution in [3.8, 4) is 0 Å². The van der Waals surface area contributed by atoms with Gasteiger partial charge < -0.3 is 72.4 Å². The summed E-state index contributed by atoms with van der Waals surface area (Å²) in [6.07, 6.45) is 9.30. The van der Waals surface area contributed by atoms with Crippen LogP contribution in [0.3, 0.4) is 0 Å². The largest absolute Gasteiger partial charge is 0.464 e. The zero-order chi connectivity index (χ0) is 108. The first-order chi connectivity index (χ1) is 68.2. The molecule has 3 unspecified atom stereocenters. The normalized spacial score (nSPS) is 15.8. The second kappa shape index (κ2) is 68.2. The topological polar surface area (TPSA) is 331 Å². The van der Waals surface area contributed by atoms with E-state index in [0.717, 1.165) is 238 Å². The minimum absolute atomic E-state index is 0.112. The summed E-state index contributed by atoms with van der Waals surface area (Å²) in [4.78, 5) is 123. The van der Waals surface area contributed by atoms with Crippen LogP contribution in [0.1, 0.15) is 212 Å². The average molecular weight is 3700 g/mol. The van der Waals surface area contributed by atoms with E-state index >= 15 is 0 Å². The summed E-state index contributed by atoms with van der Waals surface area (Å²) in [6, 6.07) is 14.0. The van der Waals surface area contributed by atoms with Crippen molar-refractivity contribution < 1.29 is 100.0 Å². The van der Waals surface area contributed by atoms with Crippen LogP contribution in [-0.2, 0) is 90.5 Å². The number of halogens is 15. The van der Waals surface area contributed by atoms with E-state index in [0.29, 0.717) is 120 Å².